The second-order valence-electron chi connectivity index (χ2n) is 5.59. The molecule has 2 aromatic rings. The van der Waals surface area contributed by atoms with Gasteiger partial charge in [-0.3, -0.25) is 14.9 Å². The van der Waals surface area contributed by atoms with Crippen LogP contribution < -0.4 is 5.32 Å². The number of halogens is 7. The predicted molar refractivity (Wildman–Crippen MR) is 92.2 cm³/mol. The summed E-state index contributed by atoms with van der Waals surface area (Å²) in [6.07, 6.45) is -8.24. The number of carbonyl (C=O) groups excluding carboxylic acids is 1. The van der Waals surface area contributed by atoms with Gasteiger partial charge in [0.25, 0.3) is 5.69 Å². The van der Waals surface area contributed by atoms with Gasteiger partial charge in [-0.15, -0.1) is 0 Å². The molecule has 0 saturated carbocycles. The molecule has 0 aliphatic heterocycles. The number of amides is 1. The lowest BCUT2D eigenvalue weighted by Crippen LogP contribution is -2.14. The summed E-state index contributed by atoms with van der Waals surface area (Å²) in [7, 11) is 0. The van der Waals surface area contributed by atoms with Crippen LogP contribution in [0.2, 0.25) is 5.02 Å². The van der Waals surface area contributed by atoms with Crippen molar-refractivity contribution in [2.75, 3.05) is 5.32 Å². The Morgan fingerprint density at radius 3 is 2.03 bits per heavy atom. The molecule has 0 aliphatic carbocycles. The molecule has 29 heavy (non-hydrogen) atoms. The minimum Gasteiger partial charge on any atom is -0.322 e. The van der Waals surface area contributed by atoms with E-state index in [0.29, 0.717) is 12.1 Å². The average Bonchev–Trinajstić information content (AvgIpc) is 2.59. The van der Waals surface area contributed by atoms with Crippen LogP contribution in [0.5, 0.6) is 0 Å². The minimum absolute atomic E-state index is 0.0711. The summed E-state index contributed by atoms with van der Waals surface area (Å²) >= 11 is 5.64. The monoisotopic (exact) mass is 438 g/mol. The van der Waals surface area contributed by atoms with Gasteiger partial charge in [0.05, 0.1) is 16.1 Å². The lowest BCUT2D eigenvalue weighted by molar-refractivity contribution is -0.384. The lowest BCUT2D eigenvalue weighted by atomic mass is 10.1. The molecule has 1 amide bonds. The van der Waals surface area contributed by atoms with E-state index in [4.69, 9.17) is 11.6 Å². The third-order valence-electron chi connectivity index (χ3n) is 3.45. The number of benzene rings is 2. The van der Waals surface area contributed by atoms with Crippen molar-refractivity contribution in [1.29, 1.82) is 0 Å². The fourth-order valence-electron chi connectivity index (χ4n) is 2.16. The summed E-state index contributed by atoms with van der Waals surface area (Å²) in [5, 5.41) is 12.6. The highest BCUT2D eigenvalue weighted by atomic mass is 35.5. The maximum Gasteiger partial charge on any atom is 0.416 e. The van der Waals surface area contributed by atoms with Crippen molar-refractivity contribution in [2.45, 2.75) is 12.4 Å². The van der Waals surface area contributed by atoms with Gasteiger partial charge in [-0.2, -0.15) is 26.3 Å². The summed E-state index contributed by atoms with van der Waals surface area (Å²) < 4.78 is 76.9. The predicted octanol–water partition coefficient (Wildman–Crippen LogP) is 5.94. The van der Waals surface area contributed by atoms with Crippen LogP contribution in [0.15, 0.2) is 42.5 Å². The lowest BCUT2D eigenvalue weighted by Gasteiger charge is -2.14. The number of hydrogen-bond acceptors (Lipinski definition) is 3. The smallest absolute Gasteiger partial charge is 0.322 e. The highest BCUT2D eigenvalue weighted by Gasteiger charge is 2.37. The van der Waals surface area contributed by atoms with Gasteiger partial charge in [0, 0.05) is 17.8 Å². The molecule has 0 aliphatic rings. The van der Waals surface area contributed by atoms with Crippen molar-refractivity contribution in [3.63, 3.8) is 0 Å². The number of nitrogens with zero attached hydrogens (tertiary/aromatic N) is 1. The van der Waals surface area contributed by atoms with E-state index >= 15 is 0 Å². The second kappa shape index (κ2) is 8.11. The molecule has 0 fully saturated rings. The number of carbonyl (C=O) groups is 1. The standard InChI is InChI=1S/C17H9ClF6N2O3/c18-13-3-1-9(5-14(13)26(28)29)2-4-15(27)25-12-7-10(16(19,20)21)6-11(8-12)17(22,23)24/h1-8H,(H,25,27). The molecule has 2 aromatic carbocycles. The van der Waals surface area contributed by atoms with E-state index < -0.39 is 45.7 Å². The summed E-state index contributed by atoms with van der Waals surface area (Å²) in [5.41, 5.74) is -4.16. The number of nitro groups is 1. The van der Waals surface area contributed by atoms with E-state index in [1.165, 1.54) is 12.1 Å². The number of anilines is 1. The van der Waals surface area contributed by atoms with Crippen molar-refractivity contribution in [3.05, 3.63) is 74.3 Å². The number of hydrogen-bond donors (Lipinski definition) is 1. The molecule has 0 aromatic heterocycles. The number of alkyl halides is 6. The SMILES string of the molecule is O=C(C=Cc1ccc(Cl)c([N+](=O)[O-])c1)Nc1cc(C(F)(F)F)cc(C(F)(F)F)c1. The van der Waals surface area contributed by atoms with Crippen molar-refractivity contribution in [2.24, 2.45) is 0 Å². The van der Waals surface area contributed by atoms with Crippen LogP contribution in [0.1, 0.15) is 16.7 Å². The zero-order valence-corrected chi connectivity index (χ0v) is 14.7. The summed E-state index contributed by atoms with van der Waals surface area (Å²) in [6, 6.07) is 4.20. The van der Waals surface area contributed by atoms with E-state index in [0.717, 1.165) is 18.2 Å². The van der Waals surface area contributed by atoms with Gasteiger partial charge >= 0.3 is 12.4 Å². The molecule has 5 nitrogen and oxygen atoms in total. The van der Waals surface area contributed by atoms with Crippen LogP contribution in [0.3, 0.4) is 0 Å². The van der Waals surface area contributed by atoms with Crippen molar-refractivity contribution >= 4 is 35.0 Å². The number of rotatable bonds is 4. The molecule has 0 saturated heterocycles. The van der Waals surface area contributed by atoms with Crippen molar-refractivity contribution in [3.8, 4) is 0 Å². The first-order valence-corrected chi connectivity index (χ1v) is 7.87. The zero-order chi connectivity index (χ0) is 22.0. The molecule has 0 bridgehead atoms. The minimum atomic E-state index is -5.06. The molecule has 12 heteroatoms. The fraction of sp³-hybridized carbons (Fsp3) is 0.118. The van der Waals surface area contributed by atoms with Crippen LogP contribution in [0.4, 0.5) is 37.7 Å². The summed E-state index contributed by atoms with van der Waals surface area (Å²) in [5.74, 6) is -1.05. The van der Waals surface area contributed by atoms with Gasteiger partial charge in [0.1, 0.15) is 5.02 Å². The van der Waals surface area contributed by atoms with Gasteiger partial charge in [-0.25, -0.2) is 0 Å². The Labute approximate surface area is 163 Å². The van der Waals surface area contributed by atoms with Gasteiger partial charge in [-0.1, -0.05) is 17.7 Å². The number of nitrogens with one attached hydrogen (secondary N) is 1. The molecule has 1 N–H and O–H groups in total. The van der Waals surface area contributed by atoms with Crippen LogP contribution >= 0.6 is 11.6 Å². The topological polar surface area (TPSA) is 72.2 Å². The first-order valence-electron chi connectivity index (χ1n) is 7.50. The Morgan fingerprint density at radius 2 is 1.55 bits per heavy atom. The number of nitro benzene ring substituents is 1. The summed E-state index contributed by atoms with van der Waals surface area (Å²) in [4.78, 5) is 21.9. The Hall–Kier alpha value is -3.08. The Bertz CT molecular complexity index is 954. The van der Waals surface area contributed by atoms with E-state index in [1.54, 1.807) is 0 Å². The van der Waals surface area contributed by atoms with E-state index in [9.17, 15) is 41.3 Å². The van der Waals surface area contributed by atoms with Gasteiger partial charge in [0.2, 0.25) is 5.91 Å². The highest BCUT2D eigenvalue weighted by Crippen LogP contribution is 2.37. The first-order chi connectivity index (χ1) is 13.3. The van der Waals surface area contributed by atoms with Gasteiger partial charge in [0.15, 0.2) is 0 Å². The maximum atomic E-state index is 12.8. The van der Waals surface area contributed by atoms with Crippen molar-refractivity contribution in [1.82, 2.24) is 0 Å². The molecule has 0 heterocycles. The van der Waals surface area contributed by atoms with Crippen LogP contribution in [0.25, 0.3) is 6.08 Å². The molecular formula is C17H9ClF6N2O3. The van der Waals surface area contributed by atoms with Gasteiger partial charge in [-0.05, 0) is 35.9 Å². The van der Waals surface area contributed by atoms with Crippen LogP contribution in [-0.4, -0.2) is 10.8 Å². The maximum absolute atomic E-state index is 12.8. The Morgan fingerprint density at radius 1 is 1.00 bits per heavy atom. The average molecular weight is 439 g/mol. The third-order valence-corrected chi connectivity index (χ3v) is 3.77. The fourth-order valence-corrected chi connectivity index (χ4v) is 2.34. The summed E-state index contributed by atoms with van der Waals surface area (Å²) in [6.45, 7) is 0. The largest absolute Gasteiger partial charge is 0.416 e. The van der Waals surface area contributed by atoms with Crippen LogP contribution in [-0.2, 0) is 17.1 Å². The van der Waals surface area contributed by atoms with Crippen LogP contribution in [0, 0.1) is 10.1 Å². The zero-order valence-electron chi connectivity index (χ0n) is 13.9. The molecule has 0 atom stereocenters. The third kappa shape index (κ3) is 5.95. The van der Waals surface area contributed by atoms with E-state index in [2.05, 4.69) is 0 Å². The highest BCUT2D eigenvalue weighted by molar-refractivity contribution is 6.32. The molecule has 2 rings (SSSR count). The van der Waals surface area contributed by atoms with Gasteiger partial charge < -0.3 is 5.32 Å². The first kappa shape index (κ1) is 22.2. The molecule has 0 unspecified atom stereocenters. The Balaban J connectivity index is 2.27. The van der Waals surface area contributed by atoms with E-state index in [1.807, 2.05) is 5.32 Å². The van der Waals surface area contributed by atoms with Crippen molar-refractivity contribution < 1.29 is 36.1 Å². The quantitative estimate of drug-likeness (QED) is 0.278. The molecule has 154 valence electrons. The normalized spacial score (nSPS) is 12.2. The molecular weight excluding hydrogens is 430 g/mol. The Kier molecular flexibility index (Phi) is 6.21. The molecule has 0 radical (unpaired) electrons. The second-order valence-corrected chi connectivity index (χ2v) is 5.99. The molecule has 0 spiro atoms. The van der Waals surface area contributed by atoms with E-state index in [-0.39, 0.29) is 16.7 Å².